The van der Waals surface area contributed by atoms with Crippen LogP contribution in [0.4, 0.5) is 10.1 Å². The van der Waals surface area contributed by atoms with Crippen molar-refractivity contribution in [3.05, 3.63) is 78.5 Å². The smallest absolute Gasteiger partial charge is 0.241 e. The summed E-state index contributed by atoms with van der Waals surface area (Å²) in [7, 11) is 1.85. The molecular formula is C37H38FN9O3S. The van der Waals surface area contributed by atoms with Gasteiger partial charge in [-0.3, -0.25) is 24.3 Å². The zero-order valence-corrected chi connectivity index (χ0v) is 29.3. The largest absolute Gasteiger partial charge is 0.474 e. The number of ether oxygens (including phenoxy) is 1. The fraction of sp³-hybridized carbons (Fsp3) is 0.351. The molecular weight excluding hydrogens is 670 g/mol. The molecule has 1 aliphatic carbocycles. The van der Waals surface area contributed by atoms with E-state index in [-0.39, 0.29) is 30.0 Å². The van der Waals surface area contributed by atoms with E-state index in [0.717, 1.165) is 36.0 Å². The molecule has 14 heteroatoms. The Kier molecular flexibility index (Phi) is 8.80. The van der Waals surface area contributed by atoms with Gasteiger partial charge in [0.05, 0.1) is 12.2 Å². The first-order chi connectivity index (χ1) is 24.8. The van der Waals surface area contributed by atoms with Gasteiger partial charge in [-0.1, -0.05) is 30.3 Å². The van der Waals surface area contributed by atoms with E-state index < -0.39 is 10.6 Å². The number of anilines is 1. The summed E-state index contributed by atoms with van der Waals surface area (Å²) >= 11 is 1.46. The molecule has 2 aromatic carbocycles. The molecule has 0 radical (unpaired) electrons. The Hall–Kier alpha value is -5.08. The van der Waals surface area contributed by atoms with Gasteiger partial charge < -0.3 is 15.0 Å². The van der Waals surface area contributed by atoms with Gasteiger partial charge in [-0.25, -0.2) is 14.4 Å². The Morgan fingerprint density at radius 1 is 1.08 bits per heavy atom. The number of hydrogen-bond acceptors (Lipinski definition) is 9. The van der Waals surface area contributed by atoms with Crippen molar-refractivity contribution in [2.45, 2.75) is 36.5 Å². The first-order valence-corrected chi connectivity index (χ1v) is 18.3. The van der Waals surface area contributed by atoms with Crippen molar-refractivity contribution in [3.63, 3.8) is 0 Å². The predicted molar refractivity (Wildman–Crippen MR) is 194 cm³/mol. The Labute approximate surface area is 298 Å². The number of aromatic nitrogens is 6. The summed E-state index contributed by atoms with van der Waals surface area (Å²) in [6.45, 7) is 2.44. The highest BCUT2D eigenvalue weighted by atomic mass is 32.2. The highest BCUT2D eigenvalue weighted by Crippen LogP contribution is 2.37. The number of hydrogen-bond donors (Lipinski definition) is 2. The van der Waals surface area contributed by atoms with E-state index in [4.69, 9.17) is 4.74 Å². The van der Waals surface area contributed by atoms with Crippen LogP contribution in [0.25, 0.3) is 39.1 Å². The molecule has 12 nitrogen and oxygen atoms in total. The molecule has 1 saturated heterocycles. The van der Waals surface area contributed by atoms with Crippen LogP contribution in [0.5, 0.6) is 5.88 Å². The number of carbonyl (C=O) groups excluding carboxylic acids is 2. The number of fused-ring (bicyclic) bond motifs is 1. The molecule has 51 heavy (non-hydrogen) atoms. The molecule has 1 atom stereocenters. The number of aryl methyl sites for hydroxylation is 1. The van der Waals surface area contributed by atoms with Crippen molar-refractivity contribution in [1.29, 1.82) is 0 Å². The average molecular weight is 708 g/mol. The zero-order valence-electron chi connectivity index (χ0n) is 28.4. The summed E-state index contributed by atoms with van der Waals surface area (Å²) in [6, 6.07) is 14.9. The second-order valence-electron chi connectivity index (χ2n) is 13.4. The summed E-state index contributed by atoms with van der Waals surface area (Å²) in [6.07, 6.45) is 11.0. The maximum atomic E-state index is 15.2. The first-order valence-electron chi connectivity index (χ1n) is 17.1. The zero-order chi connectivity index (χ0) is 35.1. The van der Waals surface area contributed by atoms with Crippen LogP contribution in [-0.2, 0) is 16.6 Å². The standard InChI is InChI=1S/C37H38FN9O3S/c1-45-22-40-35(44-45)25-5-3-23(4-6-25)24-11-14-47(15-12-24)32(48)20-46-16-13-37(21-46,51-2)36(49)41-27-17-29-33(42-43-34(29)30(38)18-27)26-7-10-31(39-19-26)50-28-8-9-28/h3-7,10-11,17-19,22,28H,8-9,12-16,20-21H2,1-2H3,(H,41,49)(H,42,43)/t37-/m0/s1. The molecule has 8 rings (SSSR count). The van der Waals surface area contributed by atoms with Crippen LogP contribution in [0.1, 0.15) is 31.2 Å². The van der Waals surface area contributed by atoms with Crippen molar-refractivity contribution in [1.82, 2.24) is 39.7 Å². The van der Waals surface area contributed by atoms with Gasteiger partial charge in [0.2, 0.25) is 17.7 Å². The van der Waals surface area contributed by atoms with Gasteiger partial charge in [-0.15, -0.1) is 11.8 Å². The summed E-state index contributed by atoms with van der Waals surface area (Å²) in [5, 5.41) is 15.0. The van der Waals surface area contributed by atoms with Crippen LogP contribution in [0.15, 0.2) is 67.1 Å². The van der Waals surface area contributed by atoms with Crippen molar-refractivity contribution < 1.29 is 18.7 Å². The normalized spacial score (nSPS) is 19.4. The summed E-state index contributed by atoms with van der Waals surface area (Å²) in [5.74, 6) is 0.532. The number of nitrogens with one attached hydrogen (secondary N) is 2. The predicted octanol–water partition coefficient (Wildman–Crippen LogP) is 5.16. The number of pyridine rings is 1. The summed E-state index contributed by atoms with van der Waals surface area (Å²) in [4.78, 5) is 39.8. The Morgan fingerprint density at radius 2 is 1.88 bits per heavy atom. The van der Waals surface area contributed by atoms with Gasteiger partial charge in [0.15, 0.2) is 11.6 Å². The number of halogens is 1. The molecule has 262 valence electrons. The van der Waals surface area contributed by atoms with Gasteiger partial charge in [0.25, 0.3) is 0 Å². The van der Waals surface area contributed by atoms with E-state index in [9.17, 15) is 9.59 Å². The number of aromatic amines is 1. The minimum atomic E-state index is -0.780. The van der Waals surface area contributed by atoms with E-state index in [0.29, 0.717) is 61.1 Å². The SMILES string of the molecule is CS[C@@]1(C(=O)Nc2cc(F)c3n[nH]c(-c4ccc(OC5CC5)nc4)c3c2)CCN(CC(=O)N2CC=C(c3ccc(-c4ncn(C)n4)cc3)CC2)C1. The number of carbonyl (C=O) groups is 2. The van der Waals surface area contributed by atoms with Gasteiger partial charge in [0.1, 0.15) is 22.7 Å². The molecule has 1 saturated carbocycles. The van der Waals surface area contributed by atoms with Crippen LogP contribution < -0.4 is 10.1 Å². The van der Waals surface area contributed by atoms with Gasteiger partial charge in [0, 0.05) is 67.7 Å². The van der Waals surface area contributed by atoms with Gasteiger partial charge >= 0.3 is 0 Å². The molecule has 2 amide bonds. The van der Waals surface area contributed by atoms with E-state index in [1.165, 1.54) is 23.4 Å². The maximum absolute atomic E-state index is 15.2. The number of rotatable bonds is 10. The molecule has 3 aromatic heterocycles. The molecule has 0 bridgehead atoms. The third-order valence-electron chi connectivity index (χ3n) is 9.86. The van der Waals surface area contributed by atoms with Crippen LogP contribution in [0.2, 0.25) is 0 Å². The van der Waals surface area contributed by atoms with Crippen molar-refractivity contribution in [2.24, 2.45) is 7.05 Å². The second kappa shape index (κ2) is 13.6. The van der Waals surface area contributed by atoms with E-state index >= 15 is 4.39 Å². The molecule has 2 aliphatic heterocycles. The van der Waals surface area contributed by atoms with Gasteiger partial charge in [-0.2, -0.15) is 10.2 Å². The molecule has 2 fully saturated rings. The van der Waals surface area contributed by atoms with Crippen molar-refractivity contribution in [2.75, 3.05) is 44.3 Å². The number of amides is 2. The van der Waals surface area contributed by atoms with E-state index in [1.807, 2.05) is 41.3 Å². The third-order valence-corrected chi connectivity index (χ3v) is 11.2. The number of thioether (sulfide) groups is 1. The molecule has 0 unspecified atom stereocenters. The lowest BCUT2D eigenvalue weighted by atomic mass is 9.98. The number of benzene rings is 2. The summed E-state index contributed by atoms with van der Waals surface area (Å²) < 4.78 is 21.9. The monoisotopic (exact) mass is 707 g/mol. The molecule has 5 aromatic rings. The Bertz CT molecular complexity index is 2130. The number of nitrogens with zero attached hydrogens (tertiary/aromatic N) is 7. The lowest BCUT2D eigenvalue weighted by molar-refractivity contribution is -0.132. The van der Waals surface area contributed by atoms with Crippen LogP contribution in [0, 0.1) is 5.82 Å². The van der Waals surface area contributed by atoms with Crippen molar-refractivity contribution >= 4 is 45.7 Å². The fourth-order valence-corrected chi connectivity index (χ4v) is 7.60. The highest BCUT2D eigenvalue weighted by molar-refractivity contribution is 8.00. The van der Waals surface area contributed by atoms with Crippen LogP contribution in [0.3, 0.4) is 0 Å². The second-order valence-corrected chi connectivity index (χ2v) is 14.6. The quantitative estimate of drug-likeness (QED) is 0.202. The van der Waals surface area contributed by atoms with E-state index in [1.54, 1.807) is 29.3 Å². The Morgan fingerprint density at radius 3 is 2.57 bits per heavy atom. The van der Waals surface area contributed by atoms with Crippen LogP contribution in [-0.4, -0.2) is 101 Å². The number of H-pyrrole nitrogens is 1. The third kappa shape index (κ3) is 6.85. The van der Waals surface area contributed by atoms with Gasteiger partial charge in [-0.05, 0) is 61.3 Å². The molecule has 5 heterocycles. The molecule has 2 N–H and O–H groups in total. The van der Waals surface area contributed by atoms with E-state index in [2.05, 4.69) is 48.8 Å². The topological polar surface area (TPSA) is 134 Å². The molecule has 3 aliphatic rings. The molecule has 0 spiro atoms. The minimum absolute atomic E-state index is 0.0424. The average Bonchev–Trinajstić information content (AvgIpc) is 3.47. The number of likely N-dealkylation sites (tertiary alicyclic amines) is 1. The minimum Gasteiger partial charge on any atom is -0.474 e. The highest BCUT2D eigenvalue weighted by Gasteiger charge is 2.45. The summed E-state index contributed by atoms with van der Waals surface area (Å²) in [5.41, 5.74) is 5.16. The Balaban J connectivity index is 0.889. The maximum Gasteiger partial charge on any atom is 0.241 e. The lowest BCUT2D eigenvalue weighted by Gasteiger charge is -2.29. The lowest BCUT2D eigenvalue weighted by Crippen LogP contribution is -2.45. The fourth-order valence-electron chi connectivity index (χ4n) is 6.76. The van der Waals surface area contributed by atoms with Crippen molar-refractivity contribution in [3.8, 4) is 28.5 Å². The van der Waals surface area contributed by atoms with Crippen LogP contribution >= 0.6 is 11.8 Å². The first kappa shape index (κ1) is 33.1.